The normalized spacial score (nSPS) is 12.4. The Kier molecular flexibility index (Phi) is 6.83. The van der Waals surface area contributed by atoms with Crippen LogP contribution in [0.3, 0.4) is 0 Å². The molecule has 100 valence electrons. The molecule has 2 heteroatoms. The molecule has 1 rings (SSSR count). The van der Waals surface area contributed by atoms with Crippen molar-refractivity contribution in [3.63, 3.8) is 0 Å². The summed E-state index contributed by atoms with van der Waals surface area (Å²) in [6.07, 6.45) is 12.9. The van der Waals surface area contributed by atoms with E-state index in [1.807, 2.05) is 30.4 Å². The molecule has 0 heterocycles. The minimum atomic E-state index is 0.731. The van der Waals surface area contributed by atoms with Crippen LogP contribution in [0.2, 0.25) is 0 Å². The molecule has 0 aliphatic rings. The van der Waals surface area contributed by atoms with Gasteiger partial charge in [-0.05, 0) is 48.1 Å². The Bertz CT molecular complexity index is 492. The summed E-state index contributed by atoms with van der Waals surface area (Å²) < 4.78 is 0. The van der Waals surface area contributed by atoms with Gasteiger partial charge in [0.25, 0.3) is 0 Å². The Morgan fingerprint density at radius 3 is 2.53 bits per heavy atom. The van der Waals surface area contributed by atoms with E-state index in [-0.39, 0.29) is 0 Å². The molecule has 0 amide bonds. The number of allylic oxidation sites excluding steroid dienone is 5. The fourth-order valence-electron chi connectivity index (χ4n) is 1.48. The molecule has 1 aromatic carbocycles. The second-order valence-electron chi connectivity index (χ2n) is 4.14. The maximum atomic E-state index is 5.84. The van der Waals surface area contributed by atoms with Gasteiger partial charge in [-0.3, -0.25) is 0 Å². The molecule has 0 unspecified atom stereocenters. The monoisotopic (exact) mass is 271 g/mol. The molecule has 0 aromatic heterocycles. The topological polar surface area (TPSA) is 26.0 Å². The fourth-order valence-corrected chi connectivity index (χ4v) is 1.89. The predicted molar refractivity (Wildman–Crippen MR) is 88.1 cm³/mol. The lowest BCUT2D eigenvalue weighted by atomic mass is 10.1. The van der Waals surface area contributed by atoms with Crippen molar-refractivity contribution in [1.29, 1.82) is 0 Å². The Balaban J connectivity index is 2.65. The highest BCUT2D eigenvalue weighted by atomic mass is 32.2. The zero-order chi connectivity index (χ0) is 14.1. The van der Waals surface area contributed by atoms with Gasteiger partial charge >= 0.3 is 0 Å². The third-order valence-electron chi connectivity index (χ3n) is 2.50. The Labute approximate surface area is 120 Å². The van der Waals surface area contributed by atoms with Gasteiger partial charge in [-0.1, -0.05) is 43.9 Å². The van der Waals surface area contributed by atoms with Gasteiger partial charge in [-0.25, -0.2) is 0 Å². The standard InChI is InChI=1S/C17H21NS/c1-4-5-6-16(18)13-14(2)7-8-15-9-11-17(19-3)12-10-15/h5-13H,2,4,18H2,1,3H3/b6-5-,8-7+,16-13+. The first-order valence-electron chi connectivity index (χ1n) is 6.30. The first kappa shape index (κ1) is 15.4. The van der Waals surface area contributed by atoms with Crippen LogP contribution in [0.25, 0.3) is 6.08 Å². The third-order valence-corrected chi connectivity index (χ3v) is 3.25. The molecule has 2 N–H and O–H groups in total. The summed E-state index contributed by atoms with van der Waals surface area (Å²) in [5.41, 5.74) is 8.63. The molecule has 0 bridgehead atoms. The number of benzene rings is 1. The van der Waals surface area contributed by atoms with Crippen LogP contribution < -0.4 is 5.73 Å². The highest BCUT2D eigenvalue weighted by molar-refractivity contribution is 7.98. The van der Waals surface area contributed by atoms with E-state index in [9.17, 15) is 0 Å². The third kappa shape index (κ3) is 6.16. The molecular formula is C17H21NS. The Morgan fingerprint density at radius 1 is 1.26 bits per heavy atom. The lowest BCUT2D eigenvalue weighted by Crippen LogP contribution is -1.92. The van der Waals surface area contributed by atoms with E-state index in [1.165, 1.54) is 4.90 Å². The van der Waals surface area contributed by atoms with Crippen molar-refractivity contribution in [1.82, 2.24) is 0 Å². The highest BCUT2D eigenvalue weighted by Gasteiger charge is 1.90. The first-order chi connectivity index (χ1) is 9.15. The van der Waals surface area contributed by atoms with Crippen molar-refractivity contribution in [3.05, 3.63) is 72.0 Å². The van der Waals surface area contributed by atoms with E-state index in [0.29, 0.717) is 0 Å². The summed E-state index contributed by atoms with van der Waals surface area (Å²) >= 11 is 1.74. The number of hydrogen-bond acceptors (Lipinski definition) is 2. The number of thioether (sulfide) groups is 1. The van der Waals surface area contributed by atoms with E-state index < -0.39 is 0 Å². The van der Waals surface area contributed by atoms with Gasteiger partial charge in [-0.2, -0.15) is 0 Å². The first-order valence-corrected chi connectivity index (χ1v) is 7.53. The highest BCUT2D eigenvalue weighted by Crippen LogP contribution is 2.16. The summed E-state index contributed by atoms with van der Waals surface area (Å²) in [7, 11) is 0. The van der Waals surface area contributed by atoms with E-state index in [2.05, 4.69) is 44.0 Å². The lowest BCUT2D eigenvalue weighted by molar-refractivity contribution is 1.21. The summed E-state index contributed by atoms with van der Waals surface area (Å²) in [5, 5.41) is 0. The van der Waals surface area contributed by atoms with Gasteiger partial charge in [0.1, 0.15) is 0 Å². The van der Waals surface area contributed by atoms with Gasteiger partial charge < -0.3 is 5.73 Å². The zero-order valence-electron chi connectivity index (χ0n) is 11.6. The van der Waals surface area contributed by atoms with E-state index in [1.54, 1.807) is 11.8 Å². The molecular weight excluding hydrogens is 250 g/mol. The quantitative estimate of drug-likeness (QED) is 0.595. The average molecular weight is 271 g/mol. The van der Waals surface area contributed by atoms with Gasteiger partial charge in [0.15, 0.2) is 0 Å². The van der Waals surface area contributed by atoms with Crippen LogP contribution in [0, 0.1) is 0 Å². The van der Waals surface area contributed by atoms with Crippen LogP contribution in [0.4, 0.5) is 0 Å². The van der Waals surface area contributed by atoms with Gasteiger partial charge in [0.2, 0.25) is 0 Å². The van der Waals surface area contributed by atoms with Crippen LogP contribution >= 0.6 is 11.8 Å². The summed E-state index contributed by atoms with van der Waals surface area (Å²) in [6.45, 7) is 6.05. The molecule has 0 fully saturated rings. The second kappa shape index (κ2) is 8.44. The van der Waals surface area contributed by atoms with Crippen molar-refractivity contribution in [2.24, 2.45) is 5.73 Å². The van der Waals surface area contributed by atoms with Crippen molar-refractivity contribution in [2.45, 2.75) is 18.2 Å². The van der Waals surface area contributed by atoms with E-state index >= 15 is 0 Å². The van der Waals surface area contributed by atoms with Crippen LogP contribution in [0.1, 0.15) is 18.9 Å². The van der Waals surface area contributed by atoms with Gasteiger partial charge in [-0.15, -0.1) is 11.8 Å². The SMILES string of the molecule is C=C(/C=C/c1ccc(SC)cc1)/C=C(N)\C=C/CC. The number of nitrogens with two attached hydrogens (primary N) is 1. The average Bonchev–Trinajstić information content (AvgIpc) is 2.43. The maximum absolute atomic E-state index is 5.84. The van der Waals surface area contributed by atoms with E-state index in [0.717, 1.165) is 23.3 Å². The molecule has 1 aromatic rings. The molecule has 0 aliphatic carbocycles. The Morgan fingerprint density at radius 2 is 1.95 bits per heavy atom. The molecule has 19 heavy (non-hydrogen) atoms. The molecule has 0 atom stereocenters. The molecule has 0 spiro atoms. The number of hydrogen-bond donors (Lipinski definition) is 1. The fraction of sp³-hybridized carbons (Fsp3) is 0.176. The summed E-state index contributed by atoms with van der Waals surface area (Å²) in [4.78, 5) is 1.27. The Hall–Kier alpha value is -1.67. The molecule has 0 aliphatic heterocycles. The van der Waals surface area contributed by atoms with Gasteiger partial charge in [0, 0.05) is 10.6 Å². The van der Waals surface area contributed by atoms with Crippen LogP contribution in [0.5, 0.6) is 0 Å². The van der Waals surface area contributed by atoms with Crippen molar-refractivity contribution in [3.8, 4) is 0 Å². The zero-order valence-corrected chi connectivity index (χ0v) is 12.4. The van der Waals surface area contributed by atoms with Crippen molar-refractivity contribution >= 4 is 17.8 Å². The molecule has 0 saturated heterocycles. The van der Waals surface area contributed by atoms with E-state index in [4.69, 9.17) is 5.73 Å². The minimum absolute atomic E-state index is 0.731. The largest absolute Gasteiger partial charge is 0.399 e. The summed E-state index contributed by atoms with van der Waals surface area (Å²) in [6, 6.07) is 8.42. The minimum Gasteiger partial charge on any atom is -0.399 e. The van der Waals surface area contributed by atoms with Crippen LogP contribution in [0.15, 0.2) is 71.3 Å². The van der Waals surface area contributed by atoms with Crippen molar-refractivity contribution < 1.29 is 0 Å². The van der Waals surface area contributed by atoms with Crippen LogP contribution in [-0.2, 0) is 0 Å². The smallest absolute Gasteiger partial charge is 0.0316 e. The summed E-state index contributed by atoms with van der Waals surface area (Å²) in [5.74, 6) is 0. The maximum Gasteiger partial charge on any atom is 0.0316 e. The molecule has 0 radical (unpaired) electrons. The number of rotatable bonds is 6. The van der Waals surface area contributed by atoms with Gasteiger partial charge in [0.05, 0.1) is 0 Å². The lowest BCUT2D eigenvalue weighted by Gasteiger charge is -1.98. The second-order valence-corrected chi connectivity index (χ2v) is 5.02. The molecule has 1 nitrogen and oxygen atoms in total. The van der Waals surface area contributed by atoms with Crippen molar-refractivity contribution in [2.75, 3.05) is 6.26 Å². The predicted octanol–water partition coefficient (Wildman–Crippen LogP) is 4.79. The van der Waals surface area contributed by atoms with Crippen LogP contribution in [-0.4, -0.2) is 6.26 Å². The molecule has 0 saturated carbocycles.